The molecule has 98 valence electrons. The first kappa shape index (κ1) is 11.6. The summed E-state index contributed by atoms with van der Waals surface area (Å²) in [6.45, 7) is 0. The molecule has 1 aliphatic heterocycles. The summed E-state index contributed by atoms with van der Waals surface area (Å²) in [5, 5.41) is 13.3. The van der Waals surface area contributed by atoms with Crippen molar-refractivity contribution in [2.75, 3.05) is 7.05 Å². The monoisotopic (exact) mass is 261 g/mol. The minimum Gasteiger partial charge on any atom is -0.312 e. The van der Waals surface area contributed by atoms with E-state index < -0.39 is 16.5 Å². The molecule has 1 fully saturated rings. The number of likely N-dealkylation sites (N-methyl/N-ethyl adjacent to an activating group) is 1. The van der Waals surface area contributed by atoms with Crippen molar-refractivity contribution in [3.8, 4) is 0 Å². The molecule has 1 saturated heterocycles. The molecule has 1 aromatic carbocycles. The Morgan fingerprint density at radius 1 is 1.37 bits per heavy atom. The molecule has 3 amide bonds. The van der Waals surface area contributed by atoms with Gasteiger partial charge in [0.05, 0.1) is 4.92 Å². The zero-order chi connectivity index (χ0) is 13.8. The van der Waals surface area contributed by atoms with E-state index in [4.69, 9.17) is 0 Å². The average Bonchev–Trinajstić information content (AvgIpc) is 2.84. The summed E-state index contributed by atoms with van der Waals surface area (Å²) in [4.78, 5) is 35.5. The number of benzene rings is 1. The van der Waals surface area contributed by atoms with Crippen molar-refractivity contribution < 1.29 is 14.5 Å². The van der Waals surface area contributed by atoms with Crippen LogP contribution in [0, 0.1) is 10.1 Å². The summed E-state index contributed by atoms with van der Waals surface area (Å²) >= 11 is 0. The zero-order valence-electron chi connectivity index (χ0n) is 10.2. The van der Waals surface area contributed by atoms with Gasteiger partial charge in [-0.15, -0.1) is 0 Å². The molecule has 1 aliphatic carbocycles. The number of nitro groups is 1. The number of hydrogen-bond donors (Lipinski definition) is 1. The average molecular weight is 261 g/mol. The van der Waals surface area contributed by atoms with E-state index in [0.29, 0.717) is 12.0 Å². The Hall–Kier alpha value is -2.44. The molecule has 7 nitrogen and oxygen atoms in total. The van der Waals surface area contributed by atoms with E-state index in [2.05, 4.69) is 5.32 Å². The van der Waals surface area contributed by atoms with E-state index in [1.165, 1.54) is 18.0 Å². The van der Waals surface area contributed by atoms with Crippen LogP contribution in [0.15, 0.2) is 18.2 Å². The fourth-order valence-corrected chi connectivity index (χ4v) is 2.87. The van der Waals surface area contributed by atoms with Crippen molar-refractivity contribution in [3.63, 3.8) is 0 Å². The lowest BCUT2D eigenvalue weighted by Crippen LogP contribution is -2.48. The topological polar surface area (TPSA) is 92.6 Å². The van der Waals surface area contributed by atoms with Gasteiger partial charge in [-0.3, -0.25) is 20.2 Å². The van der Waals surface area contributed by atoms with Gasteiger partial charge in [0, 0.05) is 31.5 Å². The second-order valence-electron chi connectivity index (χ2n) is 4.88. The van der Waals surface area contributed by atoms with Gasteiger partial charge in [0.15, 0.2) is 0 Å². The van der Waals surface area contributed by atoms with Crippen molar-refractivity contribution in [1.82, 2.24) is 10.2 Å². The highest BCUT2D eigenvalue weighted by Crippen LogP contribution is 2.40. The van der Waals surface area contributed by atoms with E-state index >= 15 is 0 Å². The molecule has 3 rings (SSSR count). The molecule has 1 unspecified atom stereocenters. The zero-order valence-corrected chi connectivity index (χ0v) is 10.2. The van der Waals surface area contributed by atoms with Gasteiger partial charge in [0.25, 0.3) is 11.6 Å². The Morgan fingerprint density at radius 2 is 2.11 bits per heavy atom. The summed E-state index contributed by atoms with van der Waals surface area (Å²) < 4.78 is 0. The summed E-state index contributed by atoms with van der Waals surface area (Å²) in [5.41, 5.74) is 0.302. The summed E-state index contributed by atoms with van der Waals surface area (Å²) in [5.74, 6) is -0.384. The Kier molecular flexibility index (Phi) is 2.16. The quantitative estimate of drug-likeness (QED) is 0.455. The standard InChI is InChI=1S/C12H11N3O4/c1-14-11(17)13-10(16)12(14)5-7-3-2-4-9(15(18)19)8(7)6-12/h2-4H,5-6H2,1H3,(H,13,16,17). The maximum absolute atomic E-state index is 12.0. The first-order valence-corrected chi connectivity index (χ1v) is 5.80. The van der Waals surface area contributed by atoms with Crippen LogP contribution in [0.4, 0.5) is 10.5 Å². The Morgan fingerprint density at radius 3 is 2.68 bits per heavy atom. The van der Waals surface area contributed by atoms with Gasteiger partial charge in [-0.25, -0.2) is 4.79 Å². The normalized spacial score (nSPS) is 24.8. The van der Waals surface area contributed by atoms with E-state index in [1.807, 2.05) is 0 Å². The van der Waals surface area contributed by atoms with Gasteiger partial charge < -0.3 is 4.90 Å². The van der Waals surface area contributed by atoms with E-state index in [9.17, 15) is 19.7 Å². The number of imide groups is 1. The van der Waals surface area contributed by atoms with Crippen LogP contribution in [0.5, 0.6) is 0 Å². The number of nitrogens with one attached hydrogen (secondary N) is 1. The van der Waals surface area contributed by atoms with Crippen LogP contribution in [0.3, 0.4) is 0 Å². The lowest BCUT2D eigenvalue weighted by atomic mass is 9.94. The number of urea groups is 1. The van der Waals surface area contributed by atoms with Crippen LogP contribution < -0.4 is 5.32 Å². The summed E-state index contributed by atoms with van der Waals surface area (Å²) in [7, 11) is 1.54. The minimum atomic E-state index is -1.01. The Balaban J connectivity index is 2.10. The Labute approximate surface area is 108 Å². The first-order chi connectivity index (χ1) is 8.95. The second-order valence-corrected chi connectivity index (χ2v) is 4.88. The smallest absolute Gasteiger partial charge is 0.312 e. The van der Waals surface area contributed by atoms with Crippen LogP contribution >= 0.6 is 0 Å². The molecule has 19 heavy (non-hydrogen) atoms. The minimum absolute atomic E-state index is 0.00919. The maximum atomic E-state index is 12.0. The third kappa shape index (κ3) is 1.38. The molecule has 0 bridgehead atoms. The van der Waals surface area contributed by atoms with Gasteiger partial charge in [0.1, 0.15) is 5.54 Å². The fourth-order valence-electron chi connectivity index (χ4n) is 2.87. The number of fused-ring (bicyclic) bond motifs is 1. The maximum Gasteiger partial charge on any atom is 0.324 e. The van der Waals surface area contributed by atoms with Crippen molar-refractivity contribution in [3.05, 3.63) is 39.4 Å². The molecule has 1 atom stereocenters. The van der Waals surface area contributed by atoms with Crippen LogP contribution in [0.25, 0.3) is 0 Å². The number of hydrogen-bond acceptors (Lipinski definition) is 4. The van der Waals surface area contributed by atoms with Crippen molar-refractivity contribution in [2.24, 2.45) is 0 Å². The van der Waals surface area contributed by atoms with E-state index in [-0.39, 0.29) is 18.0 Å². The van der Waals surface area contributed by atoms with Gasteiger partial charge in [-0.1, -0.05) is 12.1 Å². The molecule has 0 aromatic heterocycles. The molecular weight excluding hydrogens is 250 g/mol. The molecule has 0 saturated carbocycles. The number of nitro benzene ring substituents is 1. The third-order valence-electron chi connectivity index (χ3n) is 3.99. The number of carbonyl (C=O) groups excluding carboxylic acids is 2. The number of rotatable bonds is 1. The number of carbonyl (C=O) groups is 2. The largest absolute Gasteiger partial charge is 0.324 e. The molecule has 1 heterocycles. The molecule has 2 aliphatic rings. The molecule has 1 N–H and O–H groups in total. The van der Waals surface area contributed by atoms with E-state index in [0.717, 1.165) is 5.56 Å². The van der Waals surface area contributed by atoms with Gasteiger partial charge in [-0.05, 0) is 5.56 Å². The highest BCUT2D eigenvalue weighted by Gasteiger charge is 2.55. The van der Waals surface area contributed by atoms with E-state index in [1.54, 1.807) is 12.1 Å². The predicted molar refractivity (Wildman–Crippen MR) is 64.5 cm³/mol. The lowest BCUT2D eigenvalue weighted by molar-refractivity contribution is -0.385. The van der Waals surface area contributed by atoms with Crippen LogP contribution in [0.2, 0.25) is 0 Å². The number of nitrogens with zero attached hydrogens (tertiary/aromatic N) is 2. The molecule has 1 aromatic rings. The highest BCUT2D eigenvalue weighted by atomic mass is 16.6. The van der Waals surface area contributed by atoms with Crippen LogP contribution in [-0.4, -0.2) is 34.3 Å². The van der Waals surface area contributed by atoms with Crippen molar-refractivity contribution >= 4 is 17.6 Å². The summed E-state index contributed by atoms with van der Waals surface area (Å²) in [6, 6.07) is 4.33. The van der Waals surface area contributed by atoms with Gasteiger partial charge in [-0.2, -0.15) is 0 Å². The predicted octanol–water partition coefficient (Wildman–Crippen LogP) is 0.614. The molecular formula is C12H11N3O4. The van der Waals surface area contributed by atoms with Crippen LogP contribution in [0.1, 0.15) is 11.1 Å². The molecule has 7 heteroatoms. The van der Waals surface area contributed by atoms with Gasteiger partial charge in [0.2, 0.25) is 0 Å². The first-order valence-electron chi connectivity index (χ1n) is 5.80. The summed E-state index contributed by atoms with van der Waals surface area (Å²) in [6.07, 6.45) is 0.506. The van der Waals surface area contributed by atoms with Crippen LogP contribution in [-0.2, 0) is 17.6 Å². The number of amides is 3. The van der Waals surface area contributed by atoms with Crippen molar-refractivity contribution in [1.29, 1.82) is 0 Å². The fraction of sp³-hybridized carbons (Fsp3) is 0.333. The third-order valence-corrected chi connectivity index (χ3v) is 3.99. The Bertz CT molecular complexity index is 627. The highest BCUT2D eigenvalue weighted by molar-refractivity contribution is 6.07. The lowest BCUT2D eigenvalue weighted by Gasteiger charge is -2.27. The van der Waals surface area contributed by atoms with Crippen molar-refractivity contribution in [2.45, 2.75) is 18.4 Å². The SMILES string of the molecule is CN1C(=O)NC(=O)C12Cc1cccc([N+](=O)[O-])c1C2. The molecule has 0 radical (unpaired) electrons. The second kappa shape index (κ2) is 3.53. The molecule has 1 spiro atoms. The van der Waals surface area contributed by atoms with Gasteiger partial charge >= 0.3 is 6.03 Å².